The number of Topliss-reactive ketones (excluding diaryl/α,β-unsaturated/α-hetero) is 1. The van der Waals surface area contributed by atoms with Crippen molar-refractivity contribution >= 4 is 17.4 Å². The van der Waals surface area contributed by atoms with Crippen LogP contribution in [0.3, 0.4) is 0 Å². The predicted molar refractivity (Wildman–Crippen MR) is 122 cm³/mol. The second kappa shape index (κ2) is 9.24. The number of likely N-dealkylation sites (tertiary alicyclic amines) is 1. The van der Waals surface area contributed by atoms with Crippen LogP contribution < -0.4 is 9.47 Å². The molecule has 0 radical (unpaired) electrons. The predicted octanol–water partition coefficient (Wildman–Crippen LogP) is 4.62. The maximum Gasteiger partial charge on any atom is 0.296 e. The third-order valence-electron chi connectivity index (χ3n) is 5.52. The van der Waals surface area contributed by atoms with E-state index in [1.807, 2.05) is 25.1 Å². The van der Waals surface area contributed by atoms with Gasteiger partial charge in [-0.25, -0.2) is 0 Å². The van der Waals surface area contributed by atoms with Crippen molar-refractivity contribution in [2.75, 3.05) is 13.7 Å². The molecule has 1 aliphatic heterocycles. The first-order chi connectivity index (χ1) is 15.9. The van der Waals surface area contributed by atoms with E-state index in [9.17, 15) is 14.7 Å². The minimum absolute atomic E-state index is 0.0297. The van der Waals surface area contributed by atoms with E-state index in [0.717, 1.165) is 5.56 Å². The number of aliphatic hydroxyl groups is 1. The first kappa shape index (κ1) is 22.2. The maximum atomic E-state index is 13.2. The molecular weight excluding hydrogens is 422 g/mol. The monoisotopic (exact) mass is 447 g/mol. The minimum atomic E-state index is -0.889. The number of carbonyl (C=O) groups excluding carboxylic acids is 2. The lowest BCUT2D eigenvalue weighted by Gasteiger charge is -2.24. The van der Waals surface area contributed by atoms with Crippen LogP contribution in [0, 0.1) is 6.92 Å². The van der Waals surface area contributed by atoms with Gasteiger partial charge in [0.05, 0.1) is 25.8 Å². The quantitative estimate of drug-likeness (QED) is 0.323. The van der Waals surface area contributed by atoms with Crippen molar-refractivity contribution in [2.45, 2.75) is 26.4 Å². The van der Waals surface area contributed by atoms with Gasteiger partial charge in [0.2, 0.25) is 0 Å². The molecule has 1 fully saturated rings. The van der Waals surface area contributed by atoms with E-state index >= 15 is 0 Å². The molecule has 170 valence electrons. The fourth-order valence-electron chi connectivity index (χ4n) is 4.01. The molecule has 1 atom stereocenters. The van der Waals surface area contributed by atoms with Crippen LogP contribution in [-0.2, 0) is 16.1 Å². The molecule has 0 bridgehead atoms. The van der Waals surface area contributed by atoms with E-state index in [4.69, 9.17) is 13.9 Å². The summed E-state index contributed by atoms with van der Waals surface area (Å²) in [6, 6.07) is 16.6. The lowest BCUT2D eigenvalue weighted by molar-refractivity contribution is -0.140. The number of carbonyl (C=O) groups is 2. The van der Waals surface area contributed by atoms with Gasteiger partial charge in [-0.15, -0.1) is 0 Å². The number of aliphatic hydroxyl groups excluding tert-OH is 1. The molecule has 7 nitrogen and oxygen atoms in total. The molecule has 1 N–H and O–H groups in total. The average Bonchev–Trinajstić information content (AvgIpc) is 3.35. The SMILES string of the molecule is CCOc1cccc(/C(O)=C2\C(=O)C(=O)N(Cc3ccccc3OC)C2c2ccc(C)o2)c1. The summed E-state index contributed by atoms with van der Waals surface area (Å²) in [4.78, 5) is 27.7. The fraction of sp³-hybridized carbons (Fsp3) is 0.231. The fourth-order valence-corrected chi connectivity index (χ4v) is 4.01. The Bertz CT molecular complexity index is 1220. The number of hydrogen-bond acceptors (Lipinski definition) is 6. The van der Waals surface area contributed by atoms with E-state index in [1.54, 1.807) is 56.5 Å². The van der Waals surface area contributed by atoms with Gasteiger partial charge in [0.15, 0.2) is 0 Å². The number of nitrogens with zero attached hydrogens (tertiary/aromatic N) is 1. The molecule has 3 aromatic rings. The van der Waals surface area contributed by atoms with Crippen LogP contribution in [0.2, 0.25) is 0 Å². The Hall–Kier alpha value is -4.00. The molecule has 7 heteroatoms. The van der Waals surface area contributed by atoms with Crippen LogP contribution in [0.4, 0.5) is 0 Å². The van der Waals surface area contributed by atoms with Gasteiger partial charge in [-0.3, -0.25) is 9.59 Å². The molecule has 1 saturated heterocycles. The largest absolute Gasteiger partial charge is 0.507 e. The Balaban J connectivity index is 1.84. The van der Waals surface area contributed by atoms with Gasteiger partial charge in [-0.1, -0.05) is 30.3 Å². The van der Waals surface area contributed by atoms with Gasteiger partial charge >= 0.3 is 0 Å². The number of benzene rings is 2. The zero-order valence-corrected chi connectivity index (χ0v) is 18.7. The first-order valence-electron chi connectivity index (χ1n) is 10.6. The topological polar surface area (TPSA) is 89.2 Å². The van der Waals surface area contributed by atoms with Crippen molar-refractivity contribution in [2.24, 2.45) is 0 Å². The molecule has 1 unspecified atom stereocenters. The summed E-state index contributed by atoms with van der Waals surface area (Å²) in [7, 11) is 1.55. The maximum absolute atomic E-state index is 13.2. The number of methoxy groups -OCH3 is 1. The van der Waals surface area contributed by atoms with Gasteiger partial charge in [0, 0.05) is 11.1 Å². The summed E-state index contributed by atoms with van der Waals surface area (Å²) >= 11 is 0. The summed E-state index contributed by atoms with van der Waals surface area (Å²) in [5, 5.41) is 11.2. The number of hydrogen-bond donors (Lipinski definition) is 1. The number of furan rings is 1. The van der Waals surface area contributed by atoms with Gasteiger partial charge in [-0.2, -0.15) is 0 Å². The number of amides is 1. The van der Waals surface area contributed by atoms with E-state index in [0.29, 0.717) is 35.2 Å². The Morgan fingerprint density at radius 1 is 1.09 bits per heavy atom. The van der Waals surface area contributed by atoms with Gasteiger partial charge < -0.3 is 23.9 Å². The van der Waals surface area contributed by atoms with Crippen LogP contribution in [0.15, 0.2) is 70.7 Å². The zero-order valence-electron chi connectivity index (χ0n) is 18.7. The lowest BCUT2D eigenvalue weighted by atomic mass is 9.99. The summed E-state index contributed by atoms with van der Waals surface area (Å²) in [5.74, 6) is 0.394. The Kier molecular flexibility index (Phi) is 6.22. The molecule has 1 aromatic heterocycles. The van der Waals surface area contributed by atoms with Crippen molar-refractivity contribution in [3.05, 3.63) is 88.9 Å². The molecule has 33 heavy (non-hydrogen) atoms. The van der Waals surface area contributed by atoms with Crippen LogP contribution >= 0.6 is 0 Å². The third kappa shape index (κ3) is 4.22. The molecular formula is C26H25NO6. The molecule has 0 saturated carbocycles. The molecule has 1 aliphatic rings. The Morgan fingerprint density at radius 3 is 2.58 bits per heavy atom. The minimum Gasteiger partial charge on any atom is -0.507 e. The van der Waals surface area contributed by atoms with Crippen molar-refractivity contribution in [1.82, 2.24) is 4.90 Å². The zero-order chi connectivity index (χ0) is 23.5. The Labute approximate surface area is 191 Å². The summed E-state index contributed by atoms with van der Waals surface area (Å²) in [6.07, 6.45) is 0. The second-order valence-corrected chi connectivity index (χ2v) is 7.65. The number of rotatable bonds is 7. The highest BCUT2D eigenvalue weighted by Gasteiger charge is 2.47. The lowest BCUT2D eigenvalue weighted by Crippen LogP contribution is -2.29. The number of ether oxygens (including phenoxy) is 2. The van der Waals surface area contributed by atoms with E-state index in [-0.39, 0.29) is 17.9 Å². The summed E-state index contributed by atoms with van der Waals surface area (Å²) in [5.41, 5.74) is 1.08. The van der Waals surface area contributed by atoms with E-state index < -0.39 is 17.7 Å². The van der Waals surface area contributed by atoms with Crippen molar-refractivity contribution in [1.29, 1.82) is 0 Å². The highest BCUT2D eigenvalue weighted by atomic mass is 16.5. The number of ketones is 1. The molecule has 0 aliphatic carbocycles. The van der Waals surface area contributed by atoms with Gasteiger partial charge in [0.25, 0.3) is 11.7 Å². The normalized spacial score (nSPS) is 17.4. The van der Waals surface area contributed by atoms with Crippen LogP contribution in [0.1, 0.15) is 35.6 Å². The van der Waals surface area contributed by atoms with E-state index in [1.165, 1.54) is 4.90 Å². The molecule has 0 spiro atoms. The number of aryl methyl sites for hydroxylation is 1. The van der Waals surface area contributed by atoms with Crippen molar-refractivity contribution in [3.63, 3.8) is 0 Å². The third-order valence-corrected chi connectivity index (χ3v) is 5.52. The van der Waals surface area contributed by atoms with Crippen molar-refractivity contribution in [3.8, 4) is 11.5 Å². The van der Waals surface area contributed by atoms with Gasteiger partial charge in [0.1, 0.15) is 34.8 Å². The molecule has 2 heterocycles. The smallest absolute Gasteiger partial charge is 0.296 e. The highest BCUT2D eigenvalue weighted by Crippen LogP contribution is 2.41. The van der Waals surface area contributed by atoms with Gasteiger partial charge in [-0.05, 0) is 44.2 Å². The standard InChI is InChI=1S/C26H25NO6/c1-4-32-19-10-7-9-17(14-19)24(28)22-23(21-13-12-16(2)33-21)27(26(30)25(22)29)15-18-8-5-6-11-20(18)31-3/h5-14,23,28H,4,15H2,1-3H3/b24-22+. The summed E-state index contributed by atoms with van der Waals surface area (Å²) < 4.78 is 16.8. The second-order valence-electron chi connectivity index (χ2n) is 7.65. The van der Waals surface area contributed by atoms with Crippen LogP contribution in [-0.4, -0.2) is 35.4 Å². The molecule has 4 rings (SSSR count). The average molecular weight is 447 g/mol. The molecule has 2 aromatic carbocycles. The Morgan fingerprint density at radius 2 is 1.88 bits per heavy atom. The summed E-state index contributed by atoms with van der Waals surface area (Å²) in [6.45, 7) is 4.20. The van der Waals surface area contributed by atoms with Crippen LogP contribution in [0.5, 0.6) is 11.5 Å². The van der Waals surface area contributed by atoms with Crippen LogP contribution in [0.25, 0.3) is 5.76 Å². The van der Waals surface area contributed by atoms with Crippen molar-refractivity contribution < 1.29 is 28.6 Å². The van der Waals surface area contributed by atoms with E-state index in [2.05, 4.69) is 0 Å². The molecule has 1 amide bonds. The highest BCUT2D eigenvalue weighted by molar-refractivity contribution is 6.46. The first-order valence-corrected chi connectivity index (χ1v) is 10.6. The number of para-hydroxylation sites is 1.